The molecule has 9 nitrogen and oxygen atoms in total. The number of hydrogen-bond donors (Lipinski definition) is 4. The lowest BCUT2D eigenvalue weighted by Gasteiger charge is -2.16. The molecule has 3 aromatic carbocycles. The number of nitrogens with zero attached hydrogens (tertiary/aromatic N) is 3. The van der Waals surface area contributed by atoms with Crippen LogP contribution >= 0.6 is 0 Å². The second kappa shape index (κ2) is 12.7. The second-order valence-corrected chi connectivity index (χ2v) is 9.73. The Hall–Kier alpha value is -5.70. The first-order chi connectivity index (χ1) is 21.8. The highest BCUT2D eigenvalue weighted by Gasteiger charge is 2.32. The van der Waals surface area contributed by atoms with Crippen molar-refractivity contribution in [3.8, 4) is 34.0 Å². The van der Waals surface area contributed by atoms with Crippen LogP contribution in [0.5, 0.6) is 11.8 Å². The van der Waals surface area contributed by atoms with Crippen LogP contribution in [0.15, 0.2) is 91.4 Å². The number of hydrogen-bond acceptors (Lipinski definition) is 7. The topological polar surface area (TPSA) is 135 Å². The SMILES string of the molecule is Nc1ncc(C(F)(F)F)cc1-c1ccc(Oc2ncc(NC(=O)Nc3cc(C(F)(F)F)ccc3-c3cccc(CO)c3)cn2)cc1. The van der Waals surface area contributed by atoms with Gasteiger partial charge < -0.3 is 26.2 Å². The molecule has 46 heavy (non-hydrogen) atoms. The van der Waals surface area contributed by atoms with E-state index in [0.29, 0.717) is 22.9 Å². The summed E-state index contributed by atoms with van der Waals surface area (Å²) in [5.74, 6) is 0.153. The quantitative estimate of drug-likeness (QED) is 0.134. The van der Waals surface area contributed by atoms with Crippen molar-refractivity contribution in [2.75, 3.05) is 16.4 Å². The number of amides is 2. The lowest BCUT2D eigenvalue weighted by atomic mass is 9.99. The van der Waals surface area contributed by atoms with Gasteiger partial charge in [0.1, 0.15) is 11.6 Å². The highest BCUT2D eigenvalue weighted by Crippen LogP contribution is 2.37. The molecule has 0 radical (unpaired) electrons. The second-order valence-electron chi connectivity index (χ2n) is 9.73. The Morgan fingerprint density at radius 1 is 0.761 bits per heavy atom. The molecular formula is C31H22F6N6O3. The van der Waals surface area contributed by atoms with E-state index in [9.17, 15) is 36.2 Å². The van der Waals surface area contributed by atoms with Gasteiger partial charge in [0.05, 0.1) is 41.5 Å². The Balaban J connectivity index is 1.27. The van der Waals surface area contributed by atoms with E-state index in [2.05, 4.69) is 25.6 Å². The van der Waals surface area contributed by atoms with E-state index in [1.54, 1.807) is 24.3 Å². The first-order valence-corrected chi connectivity index (χ1v) is 13.2. The maximum atomic E-state index is 13.4. The fraction of sp³-hybridized carbons (Fsp3) is 0.0968. The van der Waals surface area contributed by atoms with E-state index in [-0.39, 0.29) is 46.7 Å². The van der Waals surface area contributed by atoms with Gasteiger partial charge in [-0.3, -0.25) is 0 Å². The van der Waals surface area contributed by atoms with E-state index >= 15 is 0 Å². The zero-order valence-electron chi connectivity index (χ0n) is 23.3. The van der Waals surface area contributed by atoms with Gasteiger partial charge in [0.15, 0.2) is 0 Å². The summed E-state index contributed by atoms with van der Waals surface area (Å²) in [6, 6.07) is 15.2. The van der Waals surface area contributed by atoms with Gasteiger partial charge in [-0.15, -0.1) is 0 Å². The van der Waals surface area contributed by atoms with Gasteiger partial charge in [0.25, 0.3) is 0 Å². The highest BCUT2D eigenvalue weighted by molar-refractivity contribution is 6.02. The molecule has 0 spiro atoms. The standard InChI is InChI=1S/C31H22F6N6O3/c32-30(33,34)20-6-9-24(19-3-1-2-17(10-19)16-44)26(12-20)43-28(45)42-22-14-40-29(41-15-22)46-23-7-4-18(5-8-23)25-11-21(31(35,36)37)13-39-27(25)38/h1-15,44H,16H2,(H2,38,39)(H2,42,43,45). The monoisotopic (exact) mass is 640 g/mol. The van der Waals surface area contributed by atoms with Gasteiger partial charge >= 0.3 is 24.4 Å². The summed E-state index contributed by atoms with van der Waals surface area (Å²) in [6.07, 6.45) is -6.21. The van der Waals surface area contributed by atoms with Crippen molar-refractivity contribution in [2.45, 2.75) is 19.0 Å². The van der Waals surface area contributed by atoms with Gasteiger partial charge in [-0.1, -0.05) is 36.4 Å². The highest BCUT2D eigenvalue weighted by atomic mass is 19.4. The summed E-state index contributed by atoms with van der Waals surface area (Å²) < 4.78 is 85.1. The maximum Gasteiger partial charge on any atom is 0.417 e. The number of pyridine rings is 1. The summed E-state index contributed by atoms with van der Waals surface area (Å²) in [5.41, 5.74) is 5.54. The number of urea groups is 1. The fourth-order valence-electron chi connectivity index (χ4n) is 4.30. The molecular weight excluding hydrogens is 618 g/mol. The van der Waals surface area contributed by atoms with Crippen molar-refractivity contribution in [1.82, 2.24) is 15.0 Å². The number of rotatable bonds is 7. The molecule has 0 saturated heterocycles. The average Bonchev–Trinajstić information content (AvgIpc) is 3.01. The van der Waals surface area contributed by atoms with Gasteiger partial charge in [-0.25, -0.2) is 19.7 Å². The molecule has 0 unspecified atom stereocenters. The molecule has 2 heterocycles. The third-order valence-electron chi connectivity index (χ3n) is 6.52. The lowest BCUT2D eigenvalue weighted by Crippen LogP contribution is -2.20. The molecule has 0 aliphatic rings. The molecule has 0 atom stereocenters. The van der Waals surface area contributed by atoms with Gasteiger partial charge in [-0.2, -0.15) is 26.3 Å². The smallest absolute Gasteiger partial charge is 0.417 e. The number of nitrogen functional groups attached to an aromatic ring is 1. The van der Waals surface area contributed by atoms with Gasteiger partial charge in [-0.05, 0) is 53.1 Å². The molecule has 0 bridgehead atoms. The summed E-state index contributed by atoms with van der Waals surface area (Å²) >= 11 is 0. The van der Waals surface area contributed by atoms with Crippen LogP contribution in [0.25, 0.3) is 22.3 Å². The Bertz CT molecular complexity index is 1860. The van der Waals surface area contributed by atoms with Crippen molar-refractivity contribution in [3.63, 3.8) is 0 Å². The number of aliphatic hydroxyl groups is 1. The van der Waals surface area contributed by atoms with E-state index in [1.807, 2.05) is 0 Å². The number of aromatic nitrogens is 3. The summed E-state index contributed by atoms with van der Waals surface area (Å²) in [6.45, 7) is -0.282. The number of aliphatic hydroxyl groups excluding tert-OH is 1. The molecule has 0 aliphatic carbocycles. The van der Waals surface area contributed by atoms with Crippen molar-refractivity contribution in [3.05, 3.63) is 108 Å². The van der Waals surface area contributed by atoms with Crippen LogP contribution in [0.1, 0.15) is 16.7 Å². The van der Waals surface area contributed by atoms with Gasteiger partial charge in [0, 0.05) is 17.3 Å². The minimum absolute atomic E-state index is 0.0854. The van der Waals surface area contributed by atoms with Crippen LogP contribution in [-0.4, -0.2) is 26.1 Å². The average molecular weight is 641 g/mol. The Morgan fingerprint density at radius 3 is 2.11 bits per heavy atom. The number of anilines is 3. The van der Waals surface area contributed by atoms with E-state index in [4.69, 9.17) is 10.5 Å². The number of alkyl halides is 6. The first kappa shape index (κ1) is 31.7. The largest absolute Gasteiger partial charge is 0.424 e. The zero-order valence-corrected chi connectivity index (χ0v) is 23.3. The molecule has 236 valence electrons. The number of nitrogens with two attached hydrogens (primary N) is 1. The molecule has 5 N–H and O–H groups in total. The number of halogens is 6. The van der Waals surface area contributed by atoms with E-state index < -0.39 is 29.5 Å². The number of carbonyl (C=O) groups is 1. The minimum atomic E-state index is -4.66. The van der Waals surface area contributed by atoms with Gasteiger partial charge in [0.2, 0.25) is 0 Å². The molecule has 5 aromatic rings. The van der Waals surface area contributed by atoms with Crippen molar-refractivity contribution in [1.29, 1.82) is 0 Å². The zero-order chi connectivity index (χ0) is 33.1. The summed E-state index contributed by atoms with van der Waals surface area (Å²) in [7, 11) is 0. The van der Waals surface area contributed by atoms with Crippen LogP contribution in [0.4, 0.5) is 48.3 Å². The number of nitrogens with one attached hydrogen (secondary N) is 2. The Kier molecular flexibility index (Phi) is 8.78. The molecule has 0 fully saturated rings. The van der Waals surface area contributed by atoms with Crippen molar-refractivity contribution >= 4 is 23.2 Å². The Labute approximate surface area is 256 Å². The first-order valence-electron chi connectivity index (χ1n) is 13.2. The Morgan fingerprint density at radius 2 is 1.46 bits per heavy atom. The van der Waals surface area contributed by atoms with Crippen LogP contribution in [0.2, 0.25) is 0 Å². The molecule has 2 amide bonds. The normalized spacial score (nSPS) is 11.6. The third-order valence-corrected chi connectivity index (χ3v) is 6.52. The van der Waals surface area contributed by atoms with Crippen molar-refractivity contribution in [2.24, 2.45) is 0 Å². The van der Waals surface area contributed by atoms with Crippen LogP contribution < -0.4 is 21.1 Å². The van der Waals surface area contributed by atoms with Crippen LogP contribution in [0, 0.1) is 0 Å². The predicted molar refractivity (Wildman–Crippen MR) is 157 cm³/mol. The molecule has 0 saturated carbocycles. The molecule has 0 aliphatic heterocycles. The van der Waals surface area contributed by atoms with E-state index in [0.717, 1.165) is 18.2 Å². The number of carbonyl (C=O) groups excluding carboxylic acids is 1. The predicted octanol–water partition coefficient (Wildman–Crippen LogP) is 7.75. The maximum absolute atomic E-state index is 13.4. The minimum Gasteiger partial charge on any atom is -0.424 e. The van der Waals surface area contributed by atoms with Crippen molar-refractivity contribution < 1.29 is 41.0 Å². The van der Waals surface area contributed by atoms with Crippen LogP contribution in [-0.2, 0) is 19.0 Å². The summed E-state index contributed by atoms with van der Waals surface area (Å²) in [5, 5.41) is 14.3. The van der Waals surface area contributed by atoms with E-state index in [1.165, 1.54) is 42.7 Å². The molecule has 2 aromatic heterocycles. The fourth-order valence-corrected chi connectivity index (χ4v) is 4.30. The number of ether oxygens (including phenoxy) is 1. The third kappa shape index (κ3) is 7.50. The number of benzene rings is 3. The molecule has 5 rings (SSSR count). The molecule has 15 heteroatoms. The summed E-state index contributed by atoms with van der Waals surface area (Å²) in [4.78, 5) is 24.4. The lowest BCUT2D eigenvalue weighted by molar-refractivity contribution is -0.138. The van der Waals surface area contributed by atoms with Crippen LogP contribution in [0.3, 0.4) is 0 Å².